The zero-order valence-corrected chi connectivity index (χ0v) is 11.4. The van der Waals surface area contributed by atoms with Crippen LogP contribution in [-0.4, -0.2) is 12.5 Å². The molecule has 1 aromatic heterocycles. The number of pyridine rings is 1. The van der Waals surface area contributed by atoms with Crippen molar-refractivity contribution in [2.24, 2.45) is 0 Å². The molecule has 1 radical (unpaired) electrons. The second-order valence-electron chi connectivity index (χ2n) is 3.20. The standard InChI is InChI=1S/C11H10FN.C2H6.CH3BF/c1-2-8-7-9-5-3-4-6-10(9)13-11(8)12;1-2;1-2-3/h3-7H,2H2,1H3;1-2H3;1H3/i12-1;;. The topological polar surface area (TPSA) is 12.9 Å². The summed E-state index contributed by atoms with van der Waals surface area (Å²) < 4.78 is 23.4. The van der Waals surface area contributed by atoms with Crippen molar-refractivity contribution in [1.29, 1.82) is 0 Å². The summed E-state index contributed by atoms with van der Waals surface area (Å²) in [6.07, 6.45) is 0.684. The van der Waals surface area contributed by atoms with Crippen LogP contribution in [0, 0.1) is 5.95 Å². The van der Waals surface area contributed by atoms with Gasteiger partial charge in [-0.15, -0.1) is 0 Å². The van der Waals surface area contributed by atoms with E-state index in [1.807, 2.05) is 51.1 Å². The normalized spacial score (nSPS) is 8.78. The number of aromatic nitrogens is 1. The summed E-state index contributed by atoms with van der Waals surface area (Å²) in [5.41, 5.74) is 1.40. The Balaban J connectivity index is 0.000000509. The fourth-order valence-corrected chi connectivity index (χ4v) is 1.38. The third-order valence-electron chi connectivity index (χ3n) is 2.13. The number of benzene rings is 1. The molecule has 0 amide bonds. The molecule has 0 aliphatic heterocycles. The number of halogens is 2. The first-order valence-corrected chi connectivity index (χ1v) is 6.15. The number of hydrogen-bond acceptors (Lipinski definition) is 1. The summed E-state index contributed by atoms with van der Waals surface area (Å²) >= 11 is 0. The Morgan fingerprint density at radius 2 is 1.78 bits per heavy atom. The first-order chi connectivity index (χ1) is 8.72. The van der Waals surface area contributed by atoms with Crippen molar-refractivity contribution in [1.82, 2.24) is 4.98 Å². The largest absolute Gasteiger partial charge is 0.351 e. The molecule has 1 nitrogen and oxygen atoms in total. The van der Waals surface area contributed by atoms with E-state index in [1.54, 1.807) is 0 Å². The molecule has 0 aliphatic rings. The predicted octanol–water partition coefficient (Wildman–Crippen LogP) is 4.59. The molecular formula is C14H19BF2N. The Hall–Kier alpha value is -1.45. The van der Waals surface area contributed by atoms with Gasteiger partial charge in [-0.05, 0) is 18.6 Å². The summed E-state index contributed by atoms with van der Waals surface area (Å²) in [5, 5.41) is 1.00. The van der Waals surface area contributed by atoms with Crippen LogP contribution in [0.1, 0.15) is 26.3 Å². The zero-order valence-electron chi connectivity index (χ0n) is 11.4. The number of hydrogen-bond donors (Lipinski definition) is 0. The first-order valence-electron chi connectivity index (χ1n) is 6.15. The molecule has 0 saturated heterocycles. The van der Waals surface area contributed by atoms with Crippen molar-refractivity contribution >= 4 is 18.5 Å². The molecule has 0 fully saturated rings. The van der Waals surface area contributed by atoms with E-state index in [4.69, 9.17) is 0 Å². The van der Waals surface area contributed by atoms with Crippen LogP contribution in [0.3, 0.4) is 0 Å². The Morgan fingerprint density at radius 3 is 2.33 bits per heavy atom. The maximum absolute atomic E-state index is 13.2. The van der Waals surface area contributed by atoms with E-state index in [0.29, 0.717) is 19.5 Å². The summed E-state index contributed by atoms with van der Waals surface area (Å²) in [7, 11) is 0.500. The van der Waals surface area contributed by atoms with Gasteiger partial charge in [0.2, 0.25) is 5.95 Å². The van der Waals surface area contributed by atoms with Crippen molar-refractivity contribution in [2.45, 2.75) is 34.0 Å². The van der Waals surface area contributed by atoms with Gasteiger partial charge in [-0.2, -0.15) is 4.39 Å². The molecule has 1 aromatic carbocycles. The Labute approximate surface area is 109 Å². The summed E-state index contributed by atoms with van der Waals surface area (Å²) in [4.78, 5) is 3.88. The van der Waals surface area contributed by atoms with Crippen molar-refractivity contribution in [2.75, 3.05) is 0 Å². The first kappa shape index (κ1) is 16.6. The van der Waals surface area contributed by atoms with E-state index in [-0.39, 0.29) is 5.95 Å². The zero-order chi connectivity index (χ0) is 14.0. The fraction of sp³-hybridized carbons (Fsp3) is 0.357. The number of aryl methyl sites for hydroxylation is 1. The Kier molecular flexibility index (Phi) is 8.80. The van der Waals surface area contributed by atoms with Gasteiger partial charge in [-0.3, -0.25) is 0 Å². The lowest BCUT2D eigenvalue weighted by Crippen LogP contribution is -1.92. The van der Waals surface area contributed by atoms with Gasteiger partial charge < -0.3 is 4.32 Å². The second-order valence-corrected chi connectivity index (χ2v) is 3.20. The molecule has 2 aromatic rings. The molecule has 0 saturated carbocycles. The highest BCUT2D eigenvalue weighted by molar-refractivity contribution is 6.23. The lowest BCUT2D eigenvalue weighted by Gasteiger charge is -2.01. The van der Waals surface area contributed by atoms with E-state index >= 15 is 0 Å². The molecule has 0 atom stereocenters. The molecule has 0 aliphatic carbocycles. The van der Waals surface area contributed by atoms with Crippen LogP contribution in [-0.2, 0) is 6.42 Å². The predicted molar refractivity (Wildman–Crippen MR) is 75.2 cm³/mol. The van der Waals surface area contributed by atoms with Gasteiger partial charge in [-0.25, -0.2) is 4.98 Å². The summed E-state index contributed by atoms with van der Waals surface area (Å²) in [5.74, 6) is -0.346. The van der Waals surface area contributed by atoms with Crippen LogP contribution < -0.4 is 0 Å². The van der Waals surface area contributed by atoms with Gasteiger partial charge in [0, 0.05) is 10.9 Å². The molecule has 1 heterocycles. The molecule has 2 rings (SSSR count). The van der Waals surface area contributed by atoms with Crippen LogP contribution in [0.15, 0.2) is 30.3 Å². The number of para-hydroxylation sites is 1. The summed E-state index contributed by atoms with van der Waals surface area (Å²) in [6.45, 7) is 7.26. The Morgan fingerprint density at radius 1 is 1.22 bits per heavy atom. The van der Waals surface area contributed by atoms with Gasteiger partial charge in [-0.1, -0.05) is 45.8 Å². The average molecular weight is 249 g/mol. The average Bonchev–Trinajstić information content (AvgIpc) is 2.41. The lowest BCUT2D eigenvalue weighted by molar-refractivity contribution is 0.574. The van der Waals surface area contributed by atoms with Crippen molar-refractivity contribution < 1.29 is 8.71 Å². The minimum atomic E-state index is -0.346. The van der Waals surface area contributed by atoms with E-state index < -0.39 is 0 Å². The van der Waals surface area contributed by atoms with Crippen LogP contribution in [0.2, 0.25) is 6.82 Å². The minimum absolute atomic E-state index is 0.346. The quantitative estimate of drug-likeness (QED) is 0.532. The van der Waals surface area contributed by atoms with Crippen LogP contribution in [0.25, 0.3) is 10.9 Å². The number of fused-ring (bicyclic) bond motifs is 1. The van der Waals surface area contributed by atoms with Crippen LogP contribution in [0.5, 0.6) is 0 Å². The fourth-order valence-electron chi connectivity index (χ4n) is 1.38. The van der Waals surface area contributed by atoms with Gasteiger partial charge in [0.05, 0.1) is 5.52 Å². The third-order valence-corrected chi connectivity index (χ3v) is 2.13. The van der Waals surface area contributed by atoms with Crippen LogP contribution >= 0.6 is 0 Å². The van der Waals surface area contributed by atoms with Gasteiger partial charge in [0.1, 0.15) is 0 Å². The number of nitrogens with zero attached hydrogens (tertiary/aromatic N) is 1. The highest BCUT2D eigenvalue weighted by Crippen LogP contribution is 2.15. The molecule has 4 heteroatoms. The smallest absolute Gasteiger partial charge is 0.343 e. The molecule has 97 valence electrons. The monoisotopic (exact) mass is 249 g/mol. The van der Waals surface area contributed by atoms with E-state index in [2.05, 4.69) is 4.98 Å². The molecule has 18 heavy (non-hydrogen) atoms. The van der Waals surface area contributed by atoms with E-state index in [9.17, 15) is 8.71 Å². The van der Waals surface area contributed by atoms with Crippen molar-refractivity contribution in [3.05, 3.63) is 41.8 Å². The maximum Gasteiger partial charge on any atom is 0.351 e. The van der Waals surface area contributed by atoms with E-state index in [1.165, 1.54) is 6.82 Å². The highest BCUT2D eigenvalue weighted by Gasteiger charge is 2.02. The van der Waals surface area contributed by atoms with Gasteiger partial charge >= 0.3 is 7.56 Å². The van der Waals surface area contributed by atoms with Crippen molar-refractivity contribution in [3.8, 4) is 0 Å². The summed E-state index contributed by atoms with van der Waals surface area (Å²) in [6, 6.07) is 9.41. The lowest BCUT2D eigenvalue weighted by atomic mass is 10.1. The van der Waals surface area contributed by atoms with Crippen molar-refractivity contribution in [3.63, 3.8) is 0 Å². The van der Waals surface area contributed by atoms with E-state index in [0.717, 1.165) is 10.9 Å². The second kappa shape index (κ2) is 9.57. The van der Waals surface area contributed by atoms with Crippen LogP contribution in [0.4, 0.5) is 8.71 Å². The highest BCUT2D eigenvalue weighted by atomic mass is 19.1. The molecule has 0 spiro atoms. The minimum Gasteiger partial charge on any atom is -0.343 e. The molecule has 0 bridgehead atoms. The Bertz CT molecular complexity index is 460. The number of rotatable bonds is 1. The molecular weight excluding hydrogens is 230 g/mol. The SMILES string of the molecule is CC.CCc1cc2ccccc2nc1[18F].C[B]F. The third kappa shape index (κ3) is 4.82. The molecule has 0 unspecified atom stereocenters. The van der Waals surface area contributed by atoms with Gasteiger partial charge in [0.25, 0.3) is 0 Å². The van der Waals surface area contributed by atoms with Gasteiger partial charge in [0.15, 0.2) is 0 Å². The molecule has 0 N–H and O–H groups in total. The maximum atomic E-state index is 13.2.